The van der Waals surface area contributed by atoms with Crippen molar-refractivity contribution in [1.29, 1.82) is 0 Å². The number of rotatable bonds is 7. The first-order valence-corrected chi connectivity index (χ1v) is 7.76. The molecule has 2 N–H and O–H groups in total. The summed E-state index contributed by atoms with van der Waals surface area (Å²) in [4.78, 5) is 2.29. The Hall–Kier alpha value is -1.03. The predicted octanol–water partition coefficient (Wildman–Crippen LogP) is 3.25. The Labute approximate surface area is 115 Å². The number of ether oxygens (including phenoxy) is 1. The Bertz CT molecular complexity index is 371. The summed E-state index contributed by atoms with van der Waals surface area (Å²) in [5.41, 5.74) is 7.81. The van der Waals surface area contributed by atoms with Crippen molar-refractivity contribution < 1.29 is 4.74 Å². The molecule has 1 rings (SSSR count). The molecule has 0 aliphatic carbocycles. The maximum Gasteiger partial charge on any atom is 0.123 e. The van der Waals surface area contributed by atoms with Crippen molar-refractivity contribution in [2.45, 2.75) is 26.3 Å². The molecule has 0 aliphatic heterocycles. The van der Waals surface area contributed by atoms with Crippen LogP contribution < -0.4 is 15.4 Å². The van der Waals surface area contributed by atoms with Crippen molar-refractivity contribution in [3.63, 3.8) is 0 Å². The van der Waals surface area contributed by atoms with E-state index in [2.05, 4.69) is 31.2 Å². The van der Waals surface area contributed by atoms with E-state index >= 15 is 0 Å². The van der Waals surface area contributed by atoms with Crippen molar-refractivity contribution in [2.24, 2.45) is 0 Å². The molecule has 0 saturated carbocycles. The lowest BCUT2D eigenvalue weighted by Gasteiger charge is -2.29. The molecule has 3 nitrogen and oxygen atoms in total. The minimum absolute atomic E-state index is 0.524. The van der Waals surface area contributed by atoms with E-state index in [1.54, 1.807) is 0 Å². The molecule has 0 saturated heterocycles. The second kappa shape index (κ2) is 7.41. The second-order valence-corrected chi connectivity index (χ2v) is 5.23. The molecule has 18 heavy (non-hydrogen) atoms. The minimum atomic E-state index is 0.524. The van der Waals surface area contributed by atoms with E-state index in [1.807, 2.05) is 30.8 Å². The van der Waals surface area contributed by atoms with Crippen molar-refractivity contribution in [3.8, 4) is 5.75 Å². The van der Waals surface area contributed by atoms with Gasteiger partial charge in [-0.25, -0.2) is 0 Å². The van der Waals surface area contributed by atoms with E-state index in [9.17, 15) is 0 Å². The third kappa shape index (κ3) is 4.02. The van der Waals surface area contributed by atoms with Gasteiger partial charge in [-0.15, -0.1) is 0 Å². The smallest absolute Gasteiger partial charge is 0.123 e. The van der Waals surface area contributed by atoms with E-state index in [0.717, 1.165) is 29.3 Å². The topological polar surface area (TPSA) is 38.5 Å². The van der Waals surface area contributed by atoms with Gasteiger partial charge in [-0.2, -0.15) is 11.8 Å². The lowest BCUT2D eigenvalue weighted by Crippen LogP contribution is -2.33. The quantitative estimate of drug-likeness (QED) is 0.770. The van der Waals surface area contributed by atoms with Crippen LogP contribution in [0.25, 0.3) is 0 Å². The van der Waals surface area contributed by atoms with Crippen LogP contribution >= 0.6 is 11.8 Å². The average Bonchev–Trinajstić information content (AvgIpc) is 2.35. The Balaban J connectivity index is 2.92. The minimum Gasteiger partial charge on any atom is -0.494 e. The van der Waals surface area contributed by atoms with Gasteiger partial charge in [0.15, 0.2) is 0 Å². The number of benzene rings is 1. The van der Waals surface area contributed by atoms with E-state index in [4.69, 9.17) is 10.5 Å². The Kier molecular flexibility index (Phi) is 6.19. The molecule has 4 heteroatoms. The van der Waals surface area contributed by atoms with Crippen LogP contribution in [0, 0.1) is 0 Å². The highest BCUT2D eigenvalue weighted by atomic mass is 32.2. The number of nitrogens with two attached hydrogens (primary N) is 1. The van der Waals surface area contributed by atoms with Gasteiger partial charge in [-0.1, -0.05) is 6.92 Å². The number of anilines is 2. The van der Waals surface area contributed by atoms with E-state index in [-0.39, 0.29) is 0 Å². The van der Waals surface area contributed by atoms with Gasteiger partial charge in [0.25, 0.3) is 0 Å². The van der Waals surface area contributed by atoms with Gasteiger partial charge in [0.1, 0.15) is 5.75 Å². The van der Waals surface area contributed by atoms with Crippen molar-refractivity contribution >= 4 is 23.1 Å². The summed E-state index contributed by atoms with van der Waals surface area (Å²) in [6.07, 6.45) is 3.26. The zero-order valence-corrected chi connectivity index (χ0v) is 12.6. The predicted molar refractivity (Wildman–Crippen MR) is 82.9 cm³/mol. The molecule has 0 bridgehead atoms. The van der Waals surface area contributed by atoms with Crippen LogP contribution in [0.5, 0.6) is 5.75 Å². The molecule has 1 atom stereocenters. The van der Waals surface area contributed by atoms with Crippen LogP contribution in [-0.4, -0.2) is 31.7 Å². The number of nitrogen functional groups attached to an aromatic ring is 1. The van der Waals surface area contributed by atoms with Crippen molar-refractivity contribution in [1.82, 2.24) is 0 Å². The van der Waals surface area contributed by atoms with Gasteiger partial charge in [0.2, 0.25) is 0 Å². The first-order chi connectivity index (χ1) is 8.62. The fraction of sp³-hybridized carbons (Fsp3) is 0.571. The Morgan fingerprint density at radius 1 is 1.33 bits per heavy atom. The lowest BCUT2D eigenvalue weighted by atomic mass is 10.2. The molecule has 0 aromatic heterocycles. The lowest BCUT2D eigenvalue weighted by molar-refractivity contribution is 0.340. The number of nitrogens with zero attached hydrogens (tertiary/aromatic N) is 1. The molecule has 1 aromatic rings. The third-order valence-corrected chi connectivity index (χ3v) is 3.73. The molecular weight excluding hydrogens is 244 g/mol. The highest BCUT2D eigenvalue weighted by molar-refractivity contribution is 7.98. The van der Waals surface area contributed by atoms with E-state index < -0.39 is 0 Å². The summed E-state index contributed by atoms with van der Waals surface area (Å²) < 4.78 is 5.54. The number of hydrogen-bond acceptors (Lipinski definition) is 4. The van der Waals surface area contributed by atoms with Gasteiger partial charge in [-0.05, 0) is 25.7 Å². The van der Waals surface area contributed by atoms with Crippen LogP contribution in [0.2, 0.25) is 0 Å². The molecule has 0 heterocycles. The van der Waals surface area contributed by atoms with E-state index in [1.165, 1.54) is 0 Å². The van der Waals surface area contributed by atoms with Crippen LogP contribution in [-0.2, 0) is 0 Å². The molecule has 102 valence electrons. The fourth-order valence-corrected chi connectivity index (χ4v) is 2.81. The zero-order chi connectivity index (χ0) is 13.5. The van der Waals surface area contributed by atoms with Crippen molar-refractivity contribution in [3.05, 3.63) is 18.2 Å². The first kappa shape index (κ1) is 15.0. The third-order valence-electron chi connectivity index (χ3n) is 3.01. The molecule has 0 aliphatic rings. The summed E-state index contributed by atoms with van der Waals surface area (Å²) in [7, 11) is 2.12. The molecular formula is C14H24N2OS. The van der Waals surface area contributed by atoms with Crippen molar-refractivity contribution in [2.75, 3.05) is 36.3 Å². The standard InChI is InChI=1S/C14H24N2OS/c1-5-12(10-18-4)16(3)13-7-11(15)8-14(9-13)17-6-2/h7-9,12H,5-6,10,15H2,1-4H3. The molecule has 0 fully saturated rings. The summed E-state index contributed by atoms with van der Waals surface area (Å²) in [5, 5.41) is 0. The molecule has 1 aromatic carbocycles. The molecule has 0 spiro atoms. The Morgan fingerprint density at radius 2 is 2.06 bits per heavy atom. The van der Waals surface area contributed by atoms with E-state index in [0.29, 0.717) is 12.6 Å². The van der Waals surface area contributed by atoms with Gasteiger partial charge < -0.3 is 15.4 Å². The van der Waals surface area contributed by atoms with Crippen LogP contribution in [0.4, 0.5) is 11.4 Å². The normalized spacial score (nSPS) is 12.2. The fourth-order valence-electron chi connectivity index (χ4n) is 1.97. The van der Waals surface area contributed by atoms with Crippen LogP contribution in [0.15, 0.2) is 18.2 Å². The second-order valence-electron chi connectivity index (χ2n) is 4.32. The summed E-state index contributed by atoms with van der Waals surface area (Å²) in [6.45, 7) is 4.86. The molecule has 0 radical (unpaired) electrons. The maximum absolute atomic E-state index is 5.93. The summed E-state index contributed by atoms with van der Waals surface area (Å²) in [5.74, 6) is 1.96. The maximum atomic E-state index is 5.93. The average molecular weight is 268 g/mol. The van der Waals surface area contributed by atoms with Gasteiger partial charge in [0.05, 0.1) is 6.61 Å². The number of thioether (sulfide) groups is 1. The summed E-state index contributed by atoms with van der Waals surface area (Å²) in [6, 6.07) is 6.46. The van der Waals surface area contributed by atoms with Gasteiger partial charge in [0, 0.05) is 42.3 Å². The zero-order valence-electron chi connectivity index (χ0n) is 11.8. The number of hydrogen-bond donors (Lipinski definition) is 1. The first-order valence-electron chi connectivity index (χ1n) is 6.37. The highest BCUT2D eigenvalue weighted by Gasteiger charge is 2.14. The molecule has 1 unspecified atom stereocenters. The highest BCUT2D eigenvalue weighted by Crippen LogP contribution is 2.27. The molecule has 0 amide bonds. The summed E-state index contributed by atoms with van der Waals surface area (Å²) >= 11 is 1.87. The van der Waals surface area contributed by atoms with Gasteiger partial charge >= 0.3 is 0 Å². The SMILES string of the molecule is CCOc1cc(N)cc(N(C)C(CC)CSC)c1. The monoisotopic (exact) mass is 268 g/mol. The van der Waals surface area contributed by atoms with Crippen LogP contribution in [0.3, 0.4) is 0 Å². The van der Waals surface area contributed by atoms with Crippen LogP contribution in [0.1, 0.15) is 20.3 Å². The largest absolute Gasteiger partial charge is 0.494 e. The Morgan fingerprint density at radius 3 is 2.61 bits per heavy atom. The van der Waals surface area contributed by atoms with Gasteiger partial charge in [-0.3, -0.25) is 0 Å².